The number of hydrogen-bond acceptors (Lipinski definition) is 4. The van der Waals surface area contributed by atoms with Crippen LogP contribution in [0.4, 0.5) is 5.69 Å². The van der Waals surface area contributed by atoms with Crippen LogP contribution in [0.25, 0.3) is 0 Å². The van der Waals surface area contributed by atoms with Crippen molar-refractivity contribution in [2.24, 2.45) is 0 Å². The Morgan fingerprint density at radius 1 is 1.06 bits per heavy atom. The topological polar surface area (TPSA) is 86.8 Å². The summed E-state index contributed by atoms with van der Waals surface area (Å²) in [4.78, 5) is 27.7. The third-order valence-electron chi connectivity index (χ3n) is 5.22. The molecule has 1 N–H and O–H groups in total. The van der Waals surface area contributed by atoms with E-state index in [4.69, 9.17) is 23.2 Å². The maximum absolute atomic E-state index is 13.3. The fourth-order valence-corrected chi connectivity index (χ4v) is 4.92. The molecule has 35 heavy (non-hydrogen) atoms. The van der Waals surface area contributed by atoms with Gasteiger partial charge < -0.3 is 10.2 Å². The molecule has 0 aliphatic heterocycles. The second kappa shape index (κ2) is 12.1. The summed E-state index contributed by atoms with van der Waals surface area (Å²) in [6.07, 6.45) is 1.46. The molecule has 0 heterocycles. The van der Waals surface area contributed by atoms with E-state index in [2.05, 4.69) is 5.32 Å². The van der Waals surface area contributed by atoms with Crippen molar-refractivity contribution in [3.05, 3.63) is 64.1 Å². The predicted molar refractivity (Wildman–Crippen MR) is 142 cm³/mol. The van der Waals surface area contributed by atoms with Gasteiger partial charge in [-0.25, -0.2) is 8.42 Å². The van der Waals surface area contributed by atoms with Gasteiger partial charge in [0.05, 0.1) is 11.9 Å². The van der Waals surface area contributed by atoms with E-state index in [0.29, 0.717) is 21.3 Å². The largest absolute Gasteiger partial charge is 0.350 e. The molecule has 2 rings (SSSR count). The Morgan fingerprint density at radius 2 is 1.69 bits per heavy atom. The normalized spacial score (nSPS) is 12.7. The lowest BCUT2D eigenvalue weighted by Crippen LogP contribution is -2.52. The molecule has 7 nitrogen and oxygen atoms in total. The van der Waals surface area contributed by atoms with E-state index in [9.17, 15) is 18.0 Å². The fraction of sp³-hybridized carbons (Fsp3) is 0.440. The molecule has 1 atom stereocenters. The number of anilines is 1. The van der Waals surface area contributed by atoms with Crippen molar-refractivity contribution in [2.75, 3.05) is 17.1 Å². The second-order valence-electron chi connectivity index (χ2n) is 9.45. The first-order valence-corrected chi connectivity index (χ1v) is 13.9. The predicted octanol–water partition coefficient (Wildman–Crippen LogP) is 4.87. The zero-order valence-electron chi connectivity index (χ0n) is 20.7. The van der Waals surface area contributed by atoms with Crippen LogP contribution in [-0.2, 0) is 26.2 Å². The summed E-state index contributed by atoms with van der Waals surface area (Å²) in [5.74, 6) is -0.577. The van der Waals surface area contributed by atoms with Crippen LogP contribution in [0.15, 0.2) is 48.5 Å². The first kappa shape index (κ1) is 28.9. The molecule has 0 spiro atoms. The Balaban J connectivity index is 2.21. The number of nitrogens with one attached hydrogen (secondary N) is 1. The Hall–Kier alpha value is -2.29. The van der Waals surface area contributed by atoms with Crippen LogP contribution in [-0.4, -0.2) is 49.5 Å². The minimum atomic E-state index is -3.53. The molecule has 2 aromatic rings. The lowest BCUT2D eigenvalue weighted by Gasteiger charge is -2.32. The van der Waals surface area contributed by atoms with Crippen LogP contribution in [0.5, 0.6) is 0 Å². The molecule has 2 amide bonds. The first-order valence-electron chi connectivity index (χ1n) is 11.3. The Kier molecular flexibility index (Phi) is 10.0. The highest BCUT2D eigenvalue weighted by atomic mass is 35.5. The quantitative estimate of drug-likeness (QED) is 0.464. The third-order valence-corrected chi connectivity index (χ3v) is 7.00. The summed E-state index contributed by atoms with van der Waals surface area (Å²) in [7, 11) is -3.53. The summed E-state index contributed by atoms with van der Waals surface area (Å²) in [6, 6.07) is 12.9. The minimum absolute atomic E-state index is 0.0528. The number of sulfonamides is 1. The highest BCUT2D eigenvalue weighted by molar-refractivity contribution is 7.92. The number of amides is 2. The van der Waals surface area contributed by atoms with Crippen LogP contribution in [0.1, 0.15) is 46.1 Å². The third kappa shape index (κ3) is 9.02. The summed E-state index contributed by atoms with van der Waals surface area (Å²) >= 11 is 12.3. The van der Waals surface area contributed by atoms with Gasteiger partial charge in [0.1, 0.15) is 6.04 Å². The van der Waals surface area contributed by atoms with E-state index in [1.54, 1.807) is 55.5 Å². The number of carbonyl (C=O) groups excluding carboxylic acids is 2. The molecule has 0 saturated heterocycles. The van der Waals surface area contributed by atoms with Gasteiger partial charge in [-0.3, -0.25) is 13.9 Å². The number of halogens is 2. The standard InChI is InChI=1S/C25H33Cl2N3O4S/c1-18(24(32)28-25(2,3)4)29(17-19-13-14-20(26)16-22(19)27)23(31)12-9-15-30(35(5,33)34)21-10-7-6-8-11-21/h6-8,10-11,13-14,16,18H,9,12,15,17H2,1-5H3,(H,28,32). The smallest absolute Gasteiger partial charge is 0.242 e. The van der Waals surface area contributed by atoms with E-state index in [-0.39, 0.29) is 37.7 Å². The maximum Gasteiger partial charge on any atom is 0.242 e. The van der Waals surface area contributed by atoms with Gasteiger partial charge in [0.15, 0.2) is 0 Å². The molecule has 10 heteroatoms. The van der Waals surface area contributed by atoms with Gasteiger partial charge in [-0.15, -0.1) is 0 Å². The molecule has 2 aromatic carbocycles. The van der Waals surface area contributed by atoms with E-state index < -0.39 is 21.6 Å². The minimum Gasteiger partial charge on any atom is -0.350 e. The van der Waals surface area contributed by atoms with Crippen molar-refractivity contribution < 1.29 is 18.0 Å². The molecule has 0 aliphatic carbocycles. The molecule has 0 aromatic heterocycles. The second-order valence-corrected chi connectivity index (χ2v) is 12.2. The van der Waals surface area contributed by atoms with Gasteiger partial charge >= 0.3 is 0 Å². The van der Waals surface area contributed by atoms with Gasteiger partial charge in [0.25, 0.3) is 0 Å². The van der Waals surface area contributed by atoms with Crippen LogP contribution >= 0.6 is 23.2 Å². The molecular weight excluding hydrogens is 509 g/mol. The lowest BCUT2D eigenvalue weighted by molar-refractivity contribution is -0.141. The monoisotopic (exact) mass is 541 g/mol. The highest BCUT2D eigenvalue weighted by Gasteiger charge is 2.29. The van der Waals surface area contributed by atoms with Gasteiger partial charge in [0, 0.05) is 35.1 Å². The molecule has 0 fully saturated rings. The van der Waals surface area contributed by atoms with E-state index in [1.807, 2.05) is 20.8 Å². The Morgan fingerprint density at radius 3 is 2.23 bits per heavy atom. The van der Waals surface area contributed by atoms with Crippen molar-refractivity contribution in [1.82, 2.24) is 10.2 Å². The van der Waals surface area contributed by atoms with Crippen molar-refractivity contribution in [2.45, 2.75) is 58.7 Å². The van der Waals surface area contributed by atoms with Crippen LogP contribution in [0, 0.1) is 0 Å². The number of para-hydroxylation sites is 1. The number of benzene rings is 2. The Bertz CT molecular complexity index is 1140. The zero-order valence-corrected chi connectivity index (χ0v) is 23.0. The van der Waals surface area contributed by atoms with Crippen LogP contribution < -0.4 is 9.62 Å². The van der Waals surface area contributed by atoms with Crippen molar-refractivity contribution in [1.29, 1.82) is 0 Å². The van der Waals surface area contributed by atoms with Crippen molar-refractivity contribution in [3.63, 3.8) is 0 Å². The molecular formula is C25H33Cl2N3O4S. The number of hydrogen-bond donors (Lipinski definition) is 1. The maximum atomic E-state index is 13.3. The van der Waals surface area contributed by atoms with Gasteiger partial charge in [-0.1, -0.05) is 47.5 Å². The van der Waals surface area contributed by atoms with Crippen molar-refractivity contribution >= 4 is 50.7 Å². The molecule has 0 aliphatic rings. The molecule has 192 valence electrons. The lowest BCUT2D eigenvalue weighted by atomic mass is 10.1. The number of carbonyl (C=O) groups is 2. The fourth-order valence-electron chi connectivity index (χ4n) is 3.49. The molecule has 0 bridgehead atoms. The molecule has 1 unspecified atom stereocenters. The van der Waals surface area contributed by atoms with E-state index in [1.165, 1.54) is 9.21 Å². The summed E-state index contributed by atoms with van der Waals surface area (Å²) in [6.45, 7) is 7.50. The van der Waals surface area contributed by atoms with Gasteiger partial charge in [0.2, 0.25) is 21.8 Å². The molecule has 0 saturated carbocycles. The SMILES string of the molecule is CC(C(=O)NC(C)(C)C)N(Cc1ccc(Cl)cc1Cl)C(=O)CCCN(c1ccccc1)S(C)(=O)=O. The molecule has 0 radical (unpaired) electrons. The summed E-state index contributed by atoms with van der Waals surface area (Å²) in [5, 5.41) is 3.77. The highest BCUT2D eigenvalue weighted by Crippen LogP contribution is 2.24. The first-order chi connectivity index (χ1) is 16.2. The average molecular weight is 543 g/mol. The summed E-state index contributed by atoms with van der Waals surface area (Å²) in [5.41, 5.74) is 0.718. The number of nitrogens with zero attached hydrogens (tertiary/aromatic N) is 2. The van der Waals surface area contributed by atoms with Crippen LogP contribution in [0.2, 0.25) is 10.0 Å². The summed E-state index contributed by atoms with van der Waals surface area (Å²) < 4.78 is 25.9. The van der Waals surface area contributed by atoms with Crippen LogP contribution in [0.3, 0.4) is 0 Å². The van der Waals surface area contributed by atoms with Crippen molar-refractivity contribution in [3.8, 4) is 0 Å². The average Bonchev–Trinajstić information content (AvgIpc) is 2.74. The van der Waals surface area contributed by atoms with Gasteiger partial charge in [-0.05, 0) is 63.9 Å². The van der Waals surface area contributed by atoms with Gasteiger partial charge in [-0.2, -0.15) is 0 Å². The Labute approximate surface area is 218 Å². The zero-order chi connectivity index (χ0) is 26.4. The number of rotatable bonds is 10. The van der Waals surface area contributed by atoms with E-state index >= 15 is 0 Å². The van der Waals surface area contributed by atoms with E-state index in [0.717, 1.165) is 6.26 Å².